The summed E-state index contributed by atoms with van der Waals surface area (Å²) in [6, 6.07) is 1.84. The number of aromatic nitrogens is 2. The molecule has 0 radical (unpaired) electrons. The van der Waals surface area contributed by atoms with Crippen LogP contribution in [0.5, 0.6) is 0 Å². The topological polar surface area (TPSA) is 78.7 Å². The Labute approximate surface area is 128 Å². The number of likely N-dealkylation sites (N-methyl/N-ethyl adjacent to an activating group) is 1. The van der Waals surface area contributed by atoms with Gasteiger partial charge < -0.3 is 14.9 Å². The van der Waals surface area contributed by atoms with E-state index in [1.54, 1.807) is 22.7 Å². The van der Waals surface area contributed by atoms with E-state index < -0.39 is 0 Å². The number of rotatable bonds is 1. The van der Waals surface area contributed by atoms with E-state index >= 15 is 0 Å². The van der Waals surface area contributed by atoms with Gasteiger partial charge in [0.1, 0.15) is 5.69 Å². The Morgan fingerprint density at radius 1 is 1.27 bits per heavy atom. The molecule has 4 rings (SSSR count). The smallest absolute Gasteiger partial charge is 0.274 e. The van der Waals surface area contributed by atoms with Crippen molar-refractivity contribution < 1.29 is 14.7 Å². The second-order valence-electron chi connectivity index (χ2n) is 6.59. The highest BCUT2D eigenvalue weighted by atomic mass is 16.3. The molecular formula is C15H20N4O3. The molecule has 118 valence electrons. The van der Waals surface area contributed by atoms with Gasteiger partial charge in [-0.25, -0.2) is 0 Å². The van der Waals surface area contributed by atoms with E-state index in [1.165, 1.54) is 0 Å². The monoisotopic (exact) mass is 304 g/mol. The molecule has 0 spiro atoms. The van der Waals surface area contributed by atoms with Crippen LogP contribution in [0, 0.1) is 0 Å². The summed E-state index contributed by atoms with van der Waals surface area (Å²) in [6.45, 7) is 1.23. The summed E-state index contributed by atoms with van der Waals surface area (Å²) < 4.78 is 1.64. The van der Waals surface area contributed by atoms with Gasteiger partial charge in [0.2, 0.25) is 0 Å². The van der Waals surface area contributed by atoms with E-state index in [9.17, 15) is 14.7 Å². The maximum absolute atomic E-state index is 12.8. The zero-order chi connectivity index (χ0) is 15.4. The third kappa shape index (κ3) is 1.95. The van der Waals surface area contributed by atoms with Crippen LogP contribution in [0.3, 0.4) is 0 Å². The van der Waals surface area contributed by atoms with Gasteiger partial charge >= 0.3 is 0 Å². The molecule has 2 amide bonds. The molecule has 3 aliphatic rings. The first-order valence-corrected chi connectivity index (χ1v) is 7.88. The van der Waals surface area contributed by atoms with Gasteiger partial charge in [0.05, 0.1) is 12.6 Å². The number of piperidine rings is 1. The average molecular weight is 304 g/mol. The minimum atomic E-state index is -0.299. The number of amides is 2. The van der Waals surface area contributed by atoms with E-state index in [-0.39, 0.29) is 30.0 Å². The van der Waals surface area contributed by atoms with E-state index in [0.29, 0.717) is 37.3 Å². The maximum atomic E-state index is 12.8. The summed E-state index contributed by atoms with van der Waals surface area (Å²) >= 11 is 0. The summed E-state index contributed by atoms with van der Waals surface area (Å²) in [6.07, 6.45) is 2.90. The minimum absolute atomic E-state index is 0.0881. The van der Waals surface area contributed by atoms with Crippen molar-refractivity contribution in [2.24, 2.45) is 0 Å². The Hall–Kier alpha value is -1.89. The lowest BCUT2D eigenvalue weighted by Crippen LogP contribution is -2.48. The van der Waals surface area contributed by atoms with Crippen molar-refractivity contribution in [3.63, 3.8) is 0 Å². The fourth-order valence-corrected chi connectivity index (χ4v) is 4.02. The Kier molecular flexibility index (Phi) is 3.00. The first-order chi connectivity index (χ1) is 10.5. The molecule has 22 heavy (non-hydrogen) atoms. The summed E-state index contributed by atoms with van der Waals surface area (Å²) in [5.74, 6) is -0.188. The number of carbonyl (C=O) groups is 2. The van der Waals surface area contributed by atoms with E-state index in [0.717, 1.165) is 12.8 Å². The van der Waals surface area contributed by atoms with Gasteiger partial charge in [-0.1, -0.05) is 0 Å². The molecular weight excluding hydrogens is 284 g/mol. The standard InChI is InChI=1S/C15H20N4O3/c1-17-4-5-18-13(15(17)22)8-12(16-18)14(21)19-9-2-3-10(19)7-11(20)6-9/h8-11,20H,2-7H2,1H3/t9-,10+,11?. The van der Waals surface area contributed by atoms with Crippen LogP contribution in [0.25, 0.3) is 0 Å². The van der Waals surface area contributed by atoms with Gasteiger partial charge in [-0.2, -0.15) is 5.10 Å². The third-order valence-electron chi connectivity index (χ3n) is 5.15. The first kappa shape index (κ1) is 13.8. The van der Waals surface area contributed by atoms with Gasteiger partial charge in [-0.05, 0) is 25.7 Å². The van der Waals surface area contributed by atoms with Gasteiger partial charge in [-0.15, -0.1) is 0 Å². The molecule has 7 nitrogen and oxygen atoms in total. The number of aliphatic hydroxyl groups is 1. The number of aliphatic hydroxyl groups excluding tert-OH is 1. The van der Waals surface area contributed by atoms with Crippen LogP contribution >= 0.6 is 0 Å². The summed E-state index contributed by atoms with van der Waals surface area (Å²) in [7, 11) is 1.76. The molecule has 0 aliphatic carbocycles. The first-order valence-electron chi connectivity index (χ1n) is 7.88. The second-order valence-corrected chi connectivity index (χ2v) is 6.59. The zero-order valence-corrected chi connectivity index (χ0v) is 12.6. The van der Waals surface area contributed by atoms with Gasteiger partial charge in [0, 0.05) is 31.7 Å². The molecule has 0 saturated carbocycles. The molecule has 3 aliphatic heterocycles. The number of hydrogen-bond acceptors (Lipinski definition) is 4. The van der Waals surface area contributed by atoms with Gasteiger partial charge in [-0.3, -0.25) is 14.3 Å². The zero-order valence-electron chi connectivity index (χ0n) is 12.6. The number of nitrogens with zero attached hydrogens (tertiary/aromatic N) is 4. The number of hydrogen-bond donors (Lipinski definition) is 1. The SMILES string of the molecule is CN1CCn2nc(C(=O)N3[C@@H]4CC[C@H]3CC(O)C4)cc2C1=O. The highest BCUT2D eigenvalue weighted by Crippen LogP contribution is 2.36. The van der Waals surface area contributed by atoms with Gasteiger partial charge in [0.25, 0.3) is 11.8 Å². The van der Waals surface area contributed by atoms with Crippen molar-refractivity contribution in [3.05, 3.63) is 17.5 Å². The molecule has 2 fully saturated rings. The van der Waals surface area contributed by atoms with Crippen LogP contribution in [0.4, 0.5) is 0 Å². The second kappa shape index (κ2) is 4.81. The Morgan fingerprint density at radius 2 is 1.95 bits per heavy atom. The van der Waals surface area contributed by atoms with Crippen molar-refractivity contribution in [2.75, 3.05) is 13.6 Å². The molecule has 3 atom stereocenters. The summed E-state index contributed by atoms with van der Waals surface area (Å²) in [5.41, 5.74) is 0.841. The number of carbonyl (C=O) groups excluding carboxylic acids is 2. The largest absolute Gasteiger partial charge is 0.393 e. The summed E-state index contributed by atoms with van der Waals surface area (Å²) in [4.78, 5) is 28.5. The fraction of sp³-hybridized carbons (Fsp3) is 0.667. The lowest BCUT2D eigenvalue weighted by Gasteiger charge is -2.36. The van der Waals surface area contributed by atoms with Crippen molar-refractivity contribution in [1.29, 1.82) is 0 Å². The van der Waals surface area contributed by atoms with E-state index in [4.69, 9.17) is 0 Å². The van der Waals surface area contributed by atoms with Crippen molar-refractivity contribution >= 4 is 11.8 Å². The molecule has 1 aromatic heterocycles. The van der Waals surface area contributed by atoms with Crippen LogP contribution in [0.2, 0.25) is 0 Å². The van der Waals surface area contributed by atoms with Crippen molar-refractivity contribution in [3.8, 4) is 0 Å². The van der Waals surface area contributed by atoms with Crippen LogP contribution in [0.15, 0.2) is 6.07 Å². The lowest BCUT2D eigenvalue weighted by molar-refractivity contribution is 0.0281. The molecule has 4 heterocycles. The fourth-order valence-electron chi connectivity index (χ4n) is 4.02. The van der Waals surface area contributed by atoms with Crippen LogP contribution in [-0.4, -0.2) is 68.3 Å². The number of fused-ring (bicyclic) bond motifs is 3. The quantitative estimate of drug-likeness (QED) is 0.798. The van der Waals surface area contributed by atoms with Crippen molar-refractivity contribution in [2.45, 2.75) is 50.4 Å². The van der Waals surface area contributed by atoms with Crippen LogP contribution < -0.4 is 0 Å². The highest BCUT2D eigenvalue weighted by molar-refractivity contribution is 5.98. The minimum Gasteiger partial charge on any atom is -0.393 e. The normalized spacial score (nSPS) is 30.6. The predicted molar refractivity (Wildman–Crippen MR) is 77.4 cm³/mol. The third-order valence-corrected chi connectivity index (χ3v) is 5.15. The lowest BCUT2D eigenvalue weighted by atomic mass is 9.99. The molecule has 1 aromatic rings. The molecule has 0 aromatic carbocycles. The molecule has 2 bridgehead atoms. The molecule has 7 heteroatoms. The van der Waals surface area contributed by atoms with Gasteiger partial charge in [0.15, 0.2) is 5.69 Å². The molecule has 1 unspecified atom stereocenters. The Balaban J connectivity index is 1.62. The maximum Gasteiger partial charge on any atom is 0.274 e. The van der Waals surface area contributed by atoms with Crippen LogP contribution in [0.1, 0.15) is 46.7 Å². The Morgan fingerprint density at radius 3 is 2.64 bits per heavy atom. The molecule has 1 N–H and O–H groups in total. The summed E-state index contributed by atoms with van der Waals surface area (Å²) in [5, 5.41) is 14.2. The van der Waals surface area contributed by atoms with Crippen LogP contribution in [-0.2, 0) is 6.54 Å². The molecule has 2 saturated heterocycles. The highest BCUT2D eigenvalue weighted by Gasteiger charge is 2.43. The average Bonchev–Trinajstić information content (AvgIpc) is 3.03. The van der Waals surface area contributed by atoms with E-state index in [1.807, 2.05) is 4.90 Å². The van der Waals surface area contributed by atoms with E-state index in [2.05, 4.69) is 5.10 Å². The Bertz CT molecular complexity index is 627. The predicted octanol–water partition coefficient (Wildman–Crippen LogP) is 0.0966. The van der Waals surface area contributed by atoms with Crippen molar-refractivity contribution in [1.82, 2.24) is 19.6 Å².